The zero-order valence-corrected chi connectivity index (χ0v) is 20.8. The summed E-state index contributed by atoms with van der Waals surface area (Å²) < 4.78 is 22.5. The van der Waals surface area contributed by atoms with Crippen molar-refractivity contribution < 1.29 is 38.4 Å². The first-order valence-corrected chi connectivity index (χ1v) is 11.4. The van der Waals surface area contributed by atoms with Gasteiger partial charge in [0.15, 0.2) is 12.2 Å². The third-order valence-electron chi connectivity index (χ3n) is 5.76. The van der Waals surface area contributed by atoms with Crippen LogP contribution in [0, 0.1) is 11.8 Å². The zero-order chi connectivity index (χ0) is 25.6. The molecule has 0 aromatic heterocycles. The number of fused-ring (bicyclic) bond motifs is 1. The molecule has 0 saturated carbocycles. The molecule has 0 bridgehead atoms. The van der Waals surface area contributed by atoms with Gasteiger partial charge in [0.1, 0.15) is 0 Å². The minimum atomic E-state index is -0.954. The number of aliphatic hydroxyl groups excluding tert-OH is 1. The quantitative estimate of drug-likeness (QED) is 0.349. The van der Waals surface area contributed by atoms with E-state index in [0.29, 0.717) is 24.0 Å². The Morgan fingerprint density at radius 3 is 2.32 bits per heavy atom. The lowest BCUT2D eigenvalue weighted by Crippen LogP contribution is -2.45. The summed E-state index contributed by atoms with van der Waals surface area (Å²) in [6.45, 7) is 13.7. The molecule has 6 atom stereocenters. The second kappa shape index (κ2) is 12.0. The molecule has 0 spiro atoms. The molecule has 0 unspecified atom stereocenters. The lowest BCUT2D eigenvalue weighted by atomic mass is 9.74. The van der Waals surface area contributed by atoms with Crippen molar-refractivity contribution in [3.8, 4) is 0 Å². The third-order valence-corrected chi connectivity index (χ3v) is 5.76. The number of aliphatic hydroxyl groups is 1. The normalized spacial score (nSPS) is 28.0. The zero-order valence-electron chi connectivity index (χ0n) is 20.8. The number of esters is 3. The van der Waals surface area contributed by atoms with Gasteiger partial charge in [-0.2, -0.15) is 0 Å². The summed E-state index contributed by atoms with van der Waals surface area (Å²) in [5, 5.41) is 10.5. The van der Waals surface area contributed by atoms with Crippen LogP contribution in [0.1, 0.15) is 60.8 Å². The average molecular weight is 477 g/mol. The molecule has 1 aliphatic carbocycles. The topological polar surface area (TPSA) is 108 Å². The van der Waals surface area contributed by atoms with E-state index in [4.69, 9.17) is 18.9 Å². The van der Waals surface area contributed by atoms with Crippen LogP contribution in [0.5, 0.6) is 0 Å². The monoisotopic (exact) mass is 476 g/mol. The van der Waals surface area contributed by atoms with Gasteiger partial charge in [0.05, 0.1) is 18.3 Å². The Morgan fingerprint density at radius 2 is 1.76 bits per heavy atom. The largest absolute Gasteiger partial charge is 0.462 e. The predicted octanol–water partition coefficient (Wildman–Crippen LogP) is 3.90. The maximum atomic E-state index is 12.1. The fourth-order valence-corrected chi connectivity index (χ4v) is 4.55. The fraction of sp³-hybridized carbons (Fsp3) is 0.577. The Labute approximate surface area is 201 Å². The number of rotatable bonds is 6. The summed E-state index contributed by atoms with van der Waals surface area (Å²) in [6, 6.07) is 0. The minimum Gasteiger partial charge on any atom is -0.462 e. The van der Waals surface area contributed by atoms with E-state index >= 15 is 0 Å². The number of hydrogen-bond acceptors (Lipinski definition) is 8. The molecule has 0 radical (unpaired) electrons. The second-order valence-electron chi connectivity index (χ2n) is 9.19. The molecule has 8 nitrogen and oxygen atoms in total. The van der Waals surface area contributed by atoms with Gasteiger partial charge in [-0.1, -0.05) is 29.4 Å². The Kier molecular flexibility index (Phi) is 9.67. The third kappa shape index (κ3) is 7.58. The van der Waals surface area contributed by atoms with Gasteiger partial charge in [0.25, 0.3) is 0 Å². The molecular formula is C26H36O8. The molecule has 34 heavy (non-hydrogen) atoms. The van der Waals surface area contributed by atoms with E-state index in [-0.39, 0.29) is 12.3 Å². The number of carbonyl (C=O) groups excluding carboxylic acids is 3. The molecule has 0 amide bonds. The fourth-order valence-electron chi connectivity index (χ4n) is 4.55. The van der Waals surface area contributed by atoms with Crippen molar-refractivity contribution in [3.05, 3.63) is 47.3 Å². The number of allylic oxidation sites excluding steroid dienone is 2. The molecule has 2 aliphatic rings. The molecule has 0 fully saturated rings. The first kappa shape index (κ1) is 27.4. The highest BCUT2D eigenvalue weighted by molar-refractivity contribution is 5.68. The molecule has 0 aromatic carbocycles. The van der Waals surface area contributed by atoms with Crippen LogP contribution in [0.3, 0.4) is 0 Å². The highest BCUT2D eigenvalue weighted by Crippen LogP contribution is 2.44. The summed E-state index contributed by atoms with van der Waals surface area (Å²) in [4.78, 5) is 35.8. The molecule has 1 N–H and O–H groups in total. The Morgan fingerprint density at radius 1 is 1.12 bits per heavy atom. The Balaban J connectivity index is 2.62. The van der Waals surface area contributed by atoms with Crippen molar-refractivity contribution >= 4 is 17.9 Å². The minimum absolute atomic E-state index is 0.256. The van der Waals surface area contributed by atoms with E-state index in [1.807, 2.05) is 20.8 Å². The maximum absolute atomic E-state index is 12.1. The van der Waals surface area contributed by atoms with Crippen LogP contribution in [0.4, 0.5) is 0 Å². The first-order valence-electron chi connectivity index (χ1n) is 11.4. The van der Waals surface area contributed by atoms with Gasteiger partial charge < -0.3 is 24.1 Å². The van der Waals surface area contributed by atoms with Crippen molar-refractivity contribution in [2.75, 3.05) is 0 Å². The van der Waals surface area contributed by atoms with Gasteiger partial charge >= 0.3 is 17.9 Å². The van der Waals surface area contributed by atoms with Crippen LogP contribution < -0.4 is 0 Å². The molecular weight excluding hydrogens is 440 g/mol. The van der Waals surface area contributed by atoms with Crippen LogP contribution in [0.2, 0.25) is 0 Å². The summed E-state index contributed by atoms with van der Waals surface area (Å²) in [7, 11) is 0. The molecule has 0 aromatic rings. The van der Waals surface area contributed by atoms with Gasteiger partial charge in [-0.25, -0.2) is 0 Å². The lowest BCUT2D eigenvalue weighted by molar-refractivity contribution is -0.182. The van der Waals surface area contributed by atoms with Gasteiger partial charge in [-0.05, 0) is 46.1 Å². The summed E-state index contributed by atoms with van der Waals surface area (Å²) in [5.74, 6) is -2.39. The van der Waals surface area contributed by atoms with Crippen molar-refractivity contribution in [2.24, 2.45) is 11.8 Å². The first-order chi connectivity index (χ1) is 15.9. The molecule has 1 heterocycles. The Hall–Kier alpha value is -2.87. The standard InChI is InChI=1S/C26H36O8/c1-14(2)10-23(32-17(5)27)25(33-18(6)28)22-13-31-26(34-19(7)29)24-16(4)12-20(30)11-15(3)8-9-21(22)24/h10-11,13,20-21,23-26,30H,4,8-9,12H2,1-3,5-7H3/b15-11-/t20-,21+,23-,24-,25+,26+/m0/s1. The van der Waals surface area contributed by atoms with E-state index in [1.165, 1.54) is 27.0 Å². The Bertz CT molecular complexity index is 892. The molecule has 188 valence electrons. The second-order valence-corrected chi connectivity index (χ2v) is 9.19. The van der Waals surface area contributed by atoms with Crippen LogP contribution in [-0.4, -0.2) is 47.6 Å². The van der Waals surface area contributed by atoms with Gasteiger partial charge in [-0.15, -0.1) is 0 Å². The molecule has 1 aliphatic heterocycles. The van der Waals surface area contributed by atoms with E-state index in [2.05, 4.69) is 6.58 Å². The van der Waals surface area contributed by atoms with E-state index < -0.39 is 48.4 Å². The SMILES string of the molecule is C=C1C[C@@H](O)/C=C(/C)CC[C@@H]2C([C@@H](OC(C)=O)[C@H](C=C(C)C)OC(C)=O)=CO[C@H](OC(C)=O)[C@@H]12. The highest BCUT2D eigenvalue weighted by Gasteiger charge is 2.45. The van der Waals surface area contributed by atoms with Gasteiger partial charge in [-0.3, -0.25) is 14.4 Å². The molecule has 0 saturated heterocycles. The van der Waals surface area contributed by atoms with E-state index in [1.54, 1.807) is 12.2 Å². The number of ether oxygens (including phenoxy) is 4. The van der Waals surface area contributed by atoms with Gasteiger partial charge in [0.2, 0.25) is 6.29 Å². The van der Waals surface area contributed by atoms with Crippen LogP contribution in [-0.2, 0) is 33.3 Å². The molecule has 8 heteroatoms. The van der Waals surface area contributed by atoms with Crippen molar-refractivity contribution in [2.45, 2.75) is 85.4 Å². The van der Waals surface area contributed by atoms with E-state index in [0.717, 1.165) is 11.1 Å². The van der Waals surface area contributed by atoms with Crippen molar-refractivity contribution in [1.29, 1.82) is 0 Å². The van der Waals surface area contributed by atoms with E-state index in [9.17, 15) is 19.5 Å². The summed E-state index contributed by atoms with van der Waals surface area (Å²) >= 11 is 0. The van der Waals surface area contributed by atoms with Gasteiger partial charge in [0, 0.05) is 32.3 Å². The van der Waals surface area contributed by atoms with Crippen molar-refractivity contribution in [1.82, 2.24) is 0 Å². The molecule has 2 rings (SSSR count). The van der Waals surface area contributed by atoms with Crippen LogP contribution >= 0.6 is 0 Å². The number of hydrogen-bond donors (Lipinski definition) is 1. The summed E-state index contributed by atoms with van der Waals surface area (Å²) in [6.07, 6.45) is 2.93. The maximum Gasteiger partial charge on any atom is 0.305 e. The van der Waals surface area contributed by atoms with Crippen molar-refractivity contribution in [3.63, 3.8) is 0 Å². The smallest absolute Gasteiger partial charge is 0.305 e. The van der Waals surface area contributed by atoms with Crippen LogP contribution in [0.15, 0.2) is 47.3 Å². The lowest BCUT2D eigenvalue weighted by Gasteiger charge is -2.41. The average Bonchev–Trinajstić information content (AvgIpc) is 2.73. The number of carbonyl (C=O) groups is 3. The predicted molar refractivity (Wildman–Crippen MR) is 125 cm³/mol. The highest BCUT2D eigenvalue weighted by atomic mass is 16.7. The summed E-state index contributed by atoms with van der Waals surface area (Å²) in [5.41, 5.74) is 3.11. The van der Waals surface area contributed by atoms with Crippen LogP contribution in [0.25, 0.3) is 0 Å².